The molecule has 7 nitrogen and oxygen atoms in total. The predicted octanol–water partition coefficient (Wildman–Crippen LogP) is 0.468. The molecular weight excluding hydrogens is 254 g/mol. The number of cyclic esters (lactones) is 1. The maximum atomic E-state index is 11.6. The Morgan fingerprint density at radius 1 is 1.32 bits per heavy atom. The molecule has 0 saturated carbocycles. The fourth-order valence-electron chi connectivity index (χ4n) is 1.96. The summed E-state index contributed by atoms with van der Waals surface area (Å²) in [6.07, 6.45) is 1.78. The van der Waals surface area contributed by atoms with Gasteiger partial charge in [-0.25, -0.2) is 9.69 Å². The van der Waals surface area contributed by atoms with Crippen LogP contribution in [0, 0.1) is 0 Å². The zero-order valence-corrected chi connectivity index (χ0v) is 10.6. The van der Waals surface area contributed by atoms with Gasteiger partial charge in [0.1, 0.15) is 6.61 Å². The number of carbonyl (C=O) groups excluding carboxylic acids is 3. The predicted molar refractivity (Wildman–Crippen MR) is 62.2 cm³/mol. The van der Waals surface area contributed by atoms with Crippen LogP contribution in [0.15, 0.2) is 0 Å². The molecule has 0 N–H and O–H groups in total. The van der Waals surface area contributed by atoms with Crippen molar-refractivity contribution in [2.45, 2.75) is 32.0 Å². The normalized spacial score (nSPS) is 23.3. The lowest BCUT2D eigenvalue weighted by atomic mass is 10.2. The Bertz CT molecular complexity index is 363. The van der Waals surface area contributed by atoms with E-state index in [4.69, 9.17) is 9.47 Å². The number of Topliss-reactive ketones (excluding diaryl/α,β-unsaturated/α-hetero) is 1. The summed E-state index contributed by atoms with van der Waals surface area (Å²) in [4.78, 5) is 35.2. The van der Waals surface area contributed by atoms with Gasteiger partial charge in [0.2, 0.25) is 5.78 Å². The maximum absolute atomic E-state index is 11.6. The summed E-state index contributed by atoms with van der Waals surface area (Å²) in [7, 11) is 0. The van der Waals surface area contributed by atoms with Crippen molar-refractivity contribution in [1.82, 2.24) is 4.90 Å². The number of nitrogens with zero attached hydrogens (tertiary/aromatic N) is 1. The van der Waals surface area contributed by atoms with E-state index < -0.39 is 17.8 Å². The highest BCUT2D eigenvalue weighted by atomic mass is 16.7. The van der Waals surface area contributed by atoms with Crippen molar-refractivity contribution in [2.75, 3.05) is 26.4 Å². The van der Waals surface area contributed by atoms with Gasteiger partial charge in [-0.3, -0.25) is 9.59 Å². The van der Waals surface area contributed by atoms with Crippen LogP contribution in [0.3, 0.4) is 0 Å². The number of hydrogen-bond donors (Lipinski definition) is 0. The molecule has 0 bridgehead atoms. The molecule has 0 aromatic rings. The van der Waals surface area contributed by atoms with Crippen LogP contribution in [-0.2, 0) is 23.8 Å². The molecule has 0 aromatic carbocycles. The number of imide groups is 1. The highest BCUT2D eigenvalue weighted by molar-refractivity contribution is 6.38. The van der Waals surface area contributed by atoms with Gasteiger partial charge in [-0.1, -0.05) is 0 Å². The number of ketones is 1. The van der Waals surface area contributed by atoms with Crippen molar-refractivity contribution < 1.29 is 28.6 Å². The molecule has 2 aliphatic heterocycles. The molecule has 2 heterocycles. The van der Waals surface area contributed by atoms with E-state index >= 15 is 0 Å². The van der Waals surface area contributed by atoms with E-state index in [9.17, 15) is 14.4 Å². The quantitative estimate of drug-likeness (QED) is 0.676. The van der Waals surface area contributed by atoms with Crippen molar-refractivity contribution in [2.24, 2.45) is 0 Å². The summed E-state index contributed by atoms with van der Waals surface area (Å²) in [6.45, 7) is 1.07. The molecule has 2 amide bonds. The van der Waals surface area contributed by atoms with E-state index in [0.29, 0.717) is 6.61 Å². The minimum atomic E-state index is -0.823. The second kappa shape index (κ2) is 6.63. The van der Waals surface area contributed by atoms with Crippen molar-refractivity contribution in [3.8, 4) is 0 Å². The Balaban J connectivity index is 1.68. The number of ether oxygens (including phenoxy) is 3. The third kappa shape index (κ3) is 3.74. The monoisotopic (exact) mass is 271 g/mol. The topological polar surface area (TPSA) is 82.1 Å². The van der Waals surface area contributed by atoms with Gasteiger partial charge in [-0.15, -0.1) is 0 Å². The fourth-order valence-corrected chi connectivity index (χ4v) is 1.96. The lowest BCUT2D eigenvalue weighted by Crippen LogP contribution is -2.37. The van der Waals surface area contributed by atoms with Gasteiger partial charge in [0, 0.05) is 13.0 Å². The summed E-state index contributed by atoms with van der Waals surface area (Å²) < 4.78 is 15.3. The van der Waals surface area contributed by atoms with Crippen molar-refractivity contribution in [1.29, 1.82) is 0 Å². The highest BCUT2D eigenvalue weighted by Gasteiger charge is 2.32. The summed E-state index contributed by atoms with van der Waals surface area (Å²) in [5.41, 5.74) is 0. The van der Waals surface area contributed by atoms with Crippen LogP contribution in [0.4, 0.5) is 4.79 Å². The van der Waals surface area contributed by atoms with E-state index in [1.54, 1.807) is 0 Å². The third-order valence-electron chi connectivity index (χ3n) is 3.02. The zero-order valence-electron chi connectivity index (χ0n) is 10.6. The van der Waals surface area contributed by atoms with Gasteiger partial charge in [0.05, 0.1) is 13.2 Å². The minimum absolute atomic E-state index is 0.0531. The van der Waals surface area contributed by atoms with Gasteiger partial charge >= 0.3 is 6.09 Å². The van der Waals surface area contributed by atoms with Gasteiger partial charge in [-0.2, -0.15) is 0 Å². The van der Waals surface area contributed by atoms with E-state index in [1.165, 1.54) is 0 Å². The number of amides is 2. The third-order valence-corrected chi connectivity index (χ3v) is 3.02. The maximum Gasteiger partial charge on any atom is 0.417 e. The first-order chi connectivity index (χ1) is 9.18. The number of rotatable bonds is 5. The van der Waals surface area contributed by atoms with E-state index in [1.807, 2.05) is 0 Å². The van der Waals surface area contributed by atoms with Crippen molar-refractivity contribution >= 4 is 17.8 Å². The molecule has 19 heavy (non-hydrogen) atoms. The Labute approximate surface area is 110 Å². The largest absolute Gasteiger partial charge is 0.447 e. The summed E-state index contributed by atoms with van der Waals surface area (Å²) >= 11 is 0. The van der Waals surface area contributed by atoms with E-state index in [2.05, 4.69) is 4.74 Å². The van der Waals surface area contributed by atoms with Gasteiger partial charge in [0.15, 0.2) is 6.29 Å². The summed E-state index contributed by atoms with van der Waals surface area (Å²) in [5.74, 6) is -1.47. The molecule has 0 radical (unpaired) electrons. The Morgan fingerprint density at radius 3 is 2.79 bits per heavy atom. The molecule has 106 valence electrons. The standard InChI is InChI=1S/C12H17NO6/c14-9(11(15)13-5-8-19-12(13)16)4-7-18-10-3-1-2-6-17-10/h10H,1-8H2. The van der Waals surface area contributed by atoms with Crippen LogP contribution >= 0.6 is 0 Å². The molecule has 7 heteroatoms. The van der Waals surface area contributed by atoms with Gasteiger partial charge < -0.3 is 14.2 Å². The average Bonchev–Trinajstić information content (AvgIpc) is 2.85. The Kier molecular flexibility index (Phi) is 4.86. The van der Waals surface area contributed by atoms with Crippen LogP contribution in [0.2, 0.25) is 0 Å². The Morgan fingerprint density at radius 2 is 2.16 bits per heavy atom. The van der Waals surface area contributed by atoms with Gasteiger partial charge in [-0.05, 0) is 19.3 Å². The first-order valence-electron chi connectivity index (χ1n) is 6.43. The van der Waals surface area contributed by atoms with Crippen molar-refractivity contribution in [3.63, 3.8) is 0 Å². The minimum Gasteiger partial charge on any atom is -0.447 e. The van der Waals surface area contributed by atoms with Gasteiger partial charge in [0.25, 0.3) is 5.91 Å². The highest BCUT2D eigenvalue weighted by Crippen LogP contribution is 2.14. The summed E-state index contributed by atoms with van der Waals surface area (Å²) in [5, 5.41) is 0. The number of carbonyl (C=O) groups is 3. The number of hydrogen-bond acceptors (Lipinski definition) is 6. The average molecular weight is 271 g/mol. The molecule has 0 aromatic heterocycles. The van der Waals surface area contributed by atoms with E-state index in [-0.39, 0.29) is 32.5 Å². The van der Waals surface area contributed by atoms with Crippen LogP contribution in [0.25, 0.3) is 0 Å². The lowest BCUT2D eigenvalue weighted by Gasteiger charge is -2.22. The summed E-state index contributed by atoms with van der Waals surface area (Å²) in [6, 6.07) is 0. The first kappa shape index (κ1) is 14.0. The Hall–Kier alpha value is -1.47. The lowest BCUT2D eigenvalue weighted by molar-refractivity contribution is -0.165. The van der Waals surface area contributed by atoms with Crippen LogP contribution < -0.4 is 0 Å². The second-order valence-electron chi connectivity index (χ2n) is 4.41. The SMILES string of the molecule is O=C(CCOC1CCCCO1)C(=O)N1CCOC1=O. The molecule has 2 fully saturated rings. The fraction of sp³-hybridized carbons (Fsp3) is 0.750. The molecule has 1 unspecified atom stereocenters. The molecule has 0 aliphatic carbocycles. The van der Waals surface area contributed by atoms with Crippen LogP contribution in [0.5, 0.6) is 0 Å². The zero-order chi connectivity index (χ0) is 13.7. The first-order valence-corrected chi connectivity index (χ1v) is 6.43. The second-order valence-corrected chi connectivity index (χ2v) is 4.41. The molecule has 1 atom stereocenters. The van der Waals surface area contributed by atoms with Crippen LogP contribution in [0.1, 0.15) is 25.7 Å². The molecule has 2 rings (SSSR count). The molecule has 0 spiro atoms. The molecule has 2 saturated heterocycles. The van der Waals surface area contributed by atoms with E-state index in [0.717, 1.165) is 24.2 Å². The van der Waals surface area contributed by atoms with Crippen LogP contribution in [-0.4, -0.2) is 55.3 Å². The smallest absolute Gasteiger partial charge is 0.417 e. The molecular formula is C12H17NO6. The van der Waals surface area contributed by atoms with Crippen molar-refractivity contribution in [3.05, 3.63) is 0 Å². The molecule has 2 aliphatic rings.